The molecular formula is C46H46AsFeNSn+2. The Morgan fingerprint density at radius 3 is 1.18 bits per heavy atom. The quantitative estimate of drug-likeness (QED) is 0.0966. The van der Waals surface area contributed by atoms with Crippen molar-refractivity contribution >= 4 is 43.1 Å². The second kappa shape index (κ2) is 23.5. The minimum atomic E-state index is -1.56. The van der Waals surface area contributed by atoms with Crippen molar-refractivity contribution in [2.75, 3.05) is 20.6 Å². The molecule has 10 radical (unpaired) electrons. The molecule has 2 aliphatic rings. The predicted molar refractivity (Wildman–Crippen MR) is 212 cm³/mol. The van der Waals surface area contributed by atoms with Crippen molar-refractivity contribution in [1.29, 1.82) is 0 Å². The molecule has 0 spiro atoms. The van der Waals surface area contributed by atoms with Crippen LogP contribution in [0, 0.1) is 62.0 Å². The first-order valence-corrected chi connectivity index (χ1v) is 25.9. The van der Waals surface area contributed by atoms with E-state index in [1.54, 1.807) is 0 Å². The predicted octanol–water partition coefficient (Wildman–Crippen LogP) is 7.89. The average Bonchev–Trinajstić information content (AvgIpc) is 3.88. The van der Waals surface area contributed by atoms with Crippen LogP contribution in [0.3, 0.4) is 0 Å². The van der Waals surface area contributed by atoms with E-state index in [1.807, 2.05) is 32.1 Å². The van der Waals surface area contributed by atoms with Gasteiger partial charge in [-0.25, -0.2) is 0 Å². The molecule has 0 amide bonds. The van der Waals surface area contributed by atoms with Crippen molar-refractivity contribution in [3.05, 3.63) is 230 Å². The molecule has 0 aromatic heterocycles. The summed E-state index contributed by atoms with van der Waals surface area (Å²) < 4.78 is 8.42. The van der Waals surface area contributed by atoms with Gasteiger partial charge in [0.1, 0.15) is 0 Å². The summed E-state index contributed by atoms with van der Waals surface area (Å²) in [6, 6.07) is 55.0. The van der Waals surface area contributed by atoms with Crippen LogP contribution in [0.2, 0.25) is 0 Å². The Labute approximate surface area is 326 Å². The maximum absolute atomic E-state index is 3.45. The van der Waals surface area contributed by atoms with E-state index in [1.165, 1.54) is 49.3 Å². The topological polar surface area (TPSA) is 3.24 Å². The van der Waals surface area contributed by atoms with Crippen LogP contribution in [0.4, 0.5) is 0 Å². The fourth-order valence-electron chi connectivity index (χ4n) is 5.79. The molecule has 0 N–H and O–H groups in total. The third kappa shape index (κ3) is 14.2. The molecule has 0 bridgehead atoms. The van der Waals surface area contributed by atoms with Gasteiger partial charge in [0.05, 0.1) is 0 Å². The number of rotatable bonds is 11. The van der Waals surface area contributed by atoms with Gasteiger partial charge in [-0.1, -0.05) is 0 Å². The maximum atomic E-state index is 3.45. The Kier molecular flexibility index (Phi) is 19.1. The second-order valence-electron chi connectivity index (χ2n) is 12.3. The number of nitrogens with zero attached hydrogens (tertiary/aromatic N) is 1. The van der Waals surface area contributed by atoms with Crippen molar-refractivity contribution in [3.8, 4) is 0 Å². The molecule has 4 heteroatoms. The molecule has 2 saturated carbocycles. The first-order chi connectivity index (χ1) is 24.2. The Morgan fingerprint density at radius 2 is 0.840 bits per heavy atom. The summed E-state index contributed by atoms with van der Waals surface area (Å²) in [5, 5.41) is 0. The normalized spacial score (nSPS) is 14.3. The molecule has 250 valence electrons. The van der Waals surface area contributed by atoms with E-state index in [0.717, 1.165) is 6.54 Å². The van der Waals surface area contributed by atoms with Gasteiger partial charge >= 0.3 is 297 Å². The summed E-state index contributed by atoms with van der Waals surface area (Å²) in [5.41, 5.74) is 4.55. The van der Waals surface area contributed by atoms with E-state index in [9.17, 15) is 0 Å². The van der Waals surface area contributed by atoms with Crippen LogP contribution in [0.5, 0.6) is 0 Å². The molecule has 5 aromatic carbocycles. The van der Waals surface area contributed by atoms with Gasteiger partial charge in [-0.15, -0.1) is 0 Å². The molecule has 0 aliphatic heterocycles. The van der Waals surface area contributed by atoms with Gasteiger partial charge in [0.25, 0.3) is 0 Å². The molecule has 1 nitrogen and oxygen atoms in total. The monoisotopic (exact) mass is 863 g/mol. The summed E-state index contributed by atoms with van der Waals surface area (Å²) in [7, 11) is 4.24. The van der Waals surface area contributed by atoms with Gasteiger partial charge in [0.2, 0.25) is 0 Å². The van der Waals surface area contributed by atoms with Gasteiger partial charge < -0.3 is 0 Å². The third-order valence-corrected chi connectivity index (χ3v) is 21.1. The van der Waals surface area contributed by atoms with Crippen LogP contribution < -0.4 is 8.70 Å². The van der Waals surface area contributed by atoms with Gasteiger partial charge in [-0.05, 0) is 32.1 Å². The van der Waals surface area contributed by atoms with E-state index in [2.05, 4.69) is 190 Å². The fraction of sp³-hybridized carbons (Fsp3) is 0.130. The molecule has 0 atom stereocenters. The van der Waals surface area contributed by atoms with Crippen LogP contribution in [0.25, 0.3) is 0 Å². The molecule has 2 fully saturated rings. The van der Waals surface area contributed by atoms with Crippen molar-refractivity contribution in [1.82, 2.24) is 4.90 Å². The van der Waals surface area contributed by atoms with Crippen LogP contribution in [0.1, 0.15) is 16.7 Å². The van der Waals surface area contributed by atoms with Crippen molar-refractivity contribution < 1.29 is 17.1 Å². The SMILES string of the molecule is CN(C)C[C]1[C-][CH][CH][C]1[As](c1ccccc1)c1ccccc1.[CH]1[CH][CH][CH][CH]1.[Fe+2].c1ccc([CH2][Sn+]([CH2]c2ccccc2)[CH2]c2ccccc2)cc1. The van der Waals surface area contributed by atoms with Gasteiger partial charge in [0, 0.05) is 0 Å². The molecule has 50 heavy (non-hydrogen) atoms. The zero-order chi connectivity index (χ0) is 33.9. The van der Waals surface area contributed by atoms with Crippen LogP contribution in [-0.4, -0.2) is 60.0 Å². The Morgan fingerprint density at radius 1 is 0.500 bits per heavy atom. The number of hydrogen-bond donors (Lipinski definition) is 0. The average molecular weight is 862 g/mol. The summed E-state index contributed by atoms with van der Waals surface area (Å²) in [6.07, 6.45) is 17.8. The Balaban J connectivity index is 0.000000193. The summed E-state index contributed by atoms with van der Waals surface area (Å²) in [5.74, 6) is 1.35. The molecule has 2 aliphatic carbocycles. The minimum absolute atomic E-state index is 0. The van der Waals surface area contributed by atoms with Crippen molar-refractivity contribution in [2.45, 2.75) is 13.3 Å². The summed E-state index contributed by atoms with van der Waals surface area (Å²) in [6.45, 7) is 0.952. The molecule has 5 aromatic rings. The molecule has 0 unspecified atom stereocenters. The van der Waals surface area contributed by atoms with Crippen molar-refractivity contribution in [2.24, 2.45) is 0 Å². The molecule has 7 rings (SSSR count). The third-order valence-electron chi connectivity index (χ3n) is 8.00. The van der Waals surface area contributed by atoms with Gasteiger partial charge in [0.15, 0.2) is 0 Å². The van der Waals surface area contributed by atoms with Crippen LogP contribution in [0.15, 0.2) is 152 Å². The number of hydrogen-bond acceptors (Lipinski definition) is 1. The first kappa shape index (κ1) is 40.7. The van der Waals surface area contributed by atoms with E-state index >= 15 is 0 Å². The Hall–Kier alpha value is -2.06. The Bertz CT molecular complexity index is 1400. The first-order valence-electron chi connectivity index (χ1n) is 17.0. The standard InChI is InChI=1S/C20H20AsN.3C7H7.C5H5.Fe.Sn/c1-22(2)16-17-10-9-15-20(17)21(18-11-5-3-6-12-18)19-13-7-4-8-14-19;3*1-7-5-3-2-4-6-7;1-2-4-5-3-1;;/h3-9,11-15H,16H2,1-2H3;3*2-6H,1H2;1-5H;;/q-1;;;;;+2;+1. The van der Waals surface area contributed by atoms with E-state index in [4.69, 9.17) is 0 Å². The van der Waals surface area contributed by atoms with Gasteiger partial charge in [-0.2, -0.15) is 0 Å². The zero-order valence-electron chi connectivity index (χ0n) is 29.1. The van der Waals surface area contributed by atoms with E-state index < -0.39 is 34.4 Å². The fourth-order valence-corrected chi connectivity index (χ4v) is 18.9. The van der Waals surface area contributed by atoms with Crippen molar-refractivity contribution in [3.63, 3.8) is 0 Å². The second-order valence-corrected chi connectivity index (χ2v) is 24.2. The van der Waals surface area contributed by atoms with E-state index in [0.29, 0.717) is 0 Å². The van der Waals surface area contributed by atoms with Crippen LogP contribution >= 0.6 is 0 Å². The van der Waals surface area contributed by atoms with Crippen LogP contribution in [-0.2, 0) is 30.4 Å². The molecular weight excluding hydrogens is 816 g/mol. The summed E-state index contributed by atoms with van der Waals surface area (Å²) in [4.78, 5) is 2.22. The van der Waals surface area contributed by atoms with E-state index in [-0.39, 0.29) is 17.1 Å². The summed E-state index contributed by atoms with van der Waals surface area (Å²) >= 11 is -3.06. The molecule has 0 heterocycles. The van der Waals surface area contributed by atoms with Gasteiger partial charge in [-0.3, -0.25) is 0 Å². The number of benzene rings is 5. The molecule has 0 saturated heterocycles. The zero-order valence-corrected chi connectivity index (χ0v) is 34.9.